The van der Waals surface area contributed by atoms with Crippen LogP contribution in [0.3, 0.4) is 0 Å². The maximum absolute atomic E-state index is 11.9. The van der Waals surface area contributed by atoms with Gasteiger partial charge in [0.2, 0.25) is 0 Å². The maximum atomic E-state index is 11.9. The molecule has 0 fully saturated rings. The third-order valence-electron chi connectivity index (χ3n) is 3.01. The van der Waals surface area contributed by atoms with E-state index in [1.54, 1.807) is 31.2 Å². The van der Waals surface area contributed by atoms with Gasteiger partial charge in [-0.3, -0.25) is 19.7 Å². The number of nitrogens with zero attached hydrogens (tertiary/aromatic N) is 1. The van der Waals surface area contributed by atoms with Crippen LogP contribution in [0.1, 0.15) is 5.56 Å². The molecule has 0 bridgehead atoms. The van der Waals surface area contributed by atoms with E-state index in [4.69, 9.17) is 11.6 Å². The molecule has 2 amide bonds. The number of anilines is 2. The van der Waals surface area contributed by atoms with Gasteiger partial charge in [0.05, 0.1) is 15.6 Å². The average molecular weight is 334 g/mol. The van der Waals surface area contributed by atoms with Gasteiger partial charge in [-0.1, -0.05) is 29.8 Å². The summed E-state index contributed by atoms with van der Waals surface area (Å²) in [6, 6.07) is 10.5. The lowest BCUT2D eigenvalue weighted by Gasteiger charge is -2.09. The maximum Gasteiger partial charge on any atom is 0.314 e. The molecule has 0 unspecified atom stereocenters. The topological polar surface area (TPSA) is 101 Å². The molecule has 23 heavy (non-hydrogen) atoms. The molecular formula is C15H12ClN3O4. The Kier molecular flexibility index (Phi) is 4.92. The number of non-ortho nitro benzene ring substituents is 1. The van der Waals surface area contributed by atoms with Crippen LogP contribution in [-0.4, -0.2) is 16.7 Å². The van der Waals surface area contributed by atoms with Gasteiger partial charge in [0, 0.05) is 17.8 Å². The smallest absolute Gasteiger partial charge is 0.314 e. The van der Waals surface area contributed by atoms with Crippen LogP contribution < -0.4 is 10.6 Å². The summed E-state index contributed by atoms with van der Waals surface area (Å²) in [6.45, 7) is 1.78. The van der Waals surface area contributed by atoms with E-state index in [2.05, 4.69) is 10.6 Å². The molecule has 0 radical (unpaired) electrons. The first kappa shape index (κ1) is 16.4. The molecule has 2 aromatic carbocycles. The van der Waals surface area contributed by atoms with Crippen LogP contribution in [0, 0.1) is 17.0 Å². The van der Waals surface area contributed by atoms with Crippen LogP contribution in [-0.2, 0) is 9.59 Å². The van der Waals surface area contributed by atoms with Gasteiger partial charge < -0.3 is 10.6 Å². The highest BCUT2D eigenvalue weighted by Gasteiger charge is 2.18. The molecule has 0 saturated carbocycles. The second-order valence-electron chi connectivity index (χ2n) is 4.64. The fourth-order valence-electron chi connectivity index (χ4n) is 1.79. The van der Waals surface area contributed by atoms with Gasteiger partial charge in [0.1, 0.15) is 0 Å². The number of nitro groups is 1. The van der Waals surface area contributed by atoms with Crippen molar-refractivity contribution in [1.82, 2.24) is 0 Å². The molecule has 2 rings (SSSR count). The van der Waals surface area contributed by atoms with Crippen molar-refractivity contribution < 1.29 is 14.5 Å². The Balaban J connectivity index is 2.13. The number of benzene rings is 2. The van der Waals surface area contributed by atoms with E-state index in [1.165, 1.54) is 12.1 Å². The van der Waals surface area contributed by atoms with Crippen molar-refractivity contribution >= 4 is 40.5 Å². The lowest BCUT2D eigenvalue weighted by atomic mass is 10.2. The van der Waals surface area contributed by atoms with E-state index in [0.717, 1.165) is 11.6 Å². The average Bonchev–Trinajstić information content (AvgIpc) is 2.51. The van der Waals surface area contributed by atoms with E-state index < -0.39 is 16.7 Å². The van der Waals surface area contributed by atoms with E-state index >= 15 is 0 Å². The van der Waals surface area contributed by atoms with Crippen LogP contribution in [0.2, 0.25) is 5.02 Å². The van der Waals surface area contributed by atoms with Gasteiger partial charge in [-0.25, -0.2) is 0 Å². The van der Waals surface area contributed by atoms with Crippen molar-refractivity contribution in [2.75, 3.05) is 10.6 Å². The molecule has 0 aromatic heterocycles. The number of amides is 2. The molecular weight excluding hydrogens is 322 g/mol. The second kappa shape index (κ2) is 6.89. The van der Waals surface area contributed by atoms with Crippen molar-refractivity contribution in [1.29, 1.82) is 0 Å². The zero-order chi connectivity index (χ0) is 17.0. The fraction of sp³-hybridized carbons (Fsp3) is 0.0667. The summed E-state index contributed by atoms with van der Waals surface area (Å²) >= 11 is 5.87. The molecule has 0 aliphatic carbocycles. The largest absolute Gasteiger partial charge is 0.318 e. The number of para-hydroxylation sites is 1. The van der Waals surface area contributed by atoms with Gasteiger partial charge in [0.15, 0.2) is 0 Å². The Bertz CT molecular complexity index is 792. The SMILES string of the molecule is Cc1ccccc1NC(=O)C(=O)Nc1cc([N+](=O)[O-])ccc1Cl. The Morgan fingerprint density at radius 1 is 1.04 bits per heavy atom. The van der Waals surface area contributed by atoms with Crippen LogP contribution in [0.25, 0.3) is 0 Å². The number of carbonyl (C=O) groups excluding carboxylic acids is 2. The summed E-state index contributed by atoms with van der Waals surface area (Å²) in [5.41, 5.74) is 1.04. The lowest BCUT2D eigenvalue weighted by Crippen LogP contribution is -2.29. The van der Waals surface area contributed by atoms with Gasteiger partial charge in [-0.15, -0.1) is 0 Å². The molecule has 0 saturated heterocycles. The van der Waals surface area contributed by atoms with Crippen molar-refractivity contribution in [3.05, 3.63) is 63.2 Å². The van der Waals surface area contributed by atoms with Crippen LogP contribution >= 0.6 is 11.6 Å². The fourth-order valence-corrected chi connectivity index (χ4v) is 1.96. The molecule has 0 spiro atoms. The molecule has 2 aromatic rings. The number of hydrogen-bond donors (Lipinski definition) is 2. The zero-order valence-electron chi connectivity index (χ0n) is 12.0. The zero-order valence-corrected chi connectivity index (χ0v) is 12.8. The summed E-state index contributed by atoms with van der Waals surface area (Å²) in [4.78, 5) is 33.9. The van der Waals surface area contributed by atoms with E-state index in [1.807, 2.05) is 0 Å². The number of carbonyl (C=O) groups is 2. The second-order valence-corrected chi connectivity index (χ2v) is 5.05. The number of hydrogen-bond acceptors (Lipinski definition) is 4. The Hall–Kier alpha value is -2.93. The highest BCUT2D eigenvalue weighted by Crippen LogP contribution is 2.26. The van der Waals surface area contributed by atoms with Crippen molar-refractivity contribution in [3.63, 3.8) is 0 Å². The quantitative estimate of drug-likeness (QED) is 0.511. The molecule has 118 valence electrons. The third kappa shape index (κ3) is 4.04. The third-order valence-corrected chi connectivity index (χ3v) is 3.34. The molecule has 0 aliphatic heterocycles. The first-order valence-electron chi connectivity index (χ1n) is 6.50. The van der Waals surface area contributed by atoms with Gasteiger partial charge in [-0.2, -0.15) is 0 Å². The number of rotatable bonds is 3. The van der Waals surface area contributed by atoms with Crippen molar-refractivity contribution in [2.24, 2.45) is 0 Å². The minimum absolute atomic E-state index is 0.00852. The van der Waals surface area contributed by atoms with Crippen LogP contribution in [0.5, 0.6) is 0 Å². The highest BCUT2D eigenvalue weighted by atomic mass is 35.5. The number of nitro benzene ring substituents is 1. The highest BCUT2D eigenvalue weighted by molar-refractivity contribution is 6.44. The number of nitrogens with one attached hydrogen (secondary N) is 2. The monoisotopic (exact) mass is 333 g/mol. The molecule has 0 aliphatic rings. The van der Waals surface area contributed by atoms with Gasteiger partial charge >= 0.3 is 11.8 Å². The first-order valence-corrected chi connectivity index (χ1v) is 6.88. The lowest BCUT2D eigenvalue weighted by molar-refractivity contribution is -0.384. The first-order chi connectivity index (χ1) is 10.9. The predicted molar refractivity (Wildman–Crippen MR) is 86.5 cm³/mol. The Morgan fingerprint density at radius 3 is 2.26 bits per heavy atom. The van der Waals surface area contributed by atoms with Crippen molar-refractivity contribution in [3.8, 4) is 0 Å². The van der Waals surface area contributed by atoms with E-state index in [9.17, 15) is 19.7 Å². The molecule has 0 atom stereocenters. The van der Waals surface area contributed by atoms with Crippen LogP contribution in [0.15, 0.2) is 42.5 Å². The molecule has 7 nitrogen and oxygen atoms in total. The molecule has 8 heteroatoms. The van der Waals surface area contributed by atoms with Crippen LogP contribution in [0.4, 0.5) is 17.1 Å². The van der Waals surface area contributed by atoms with Gasteiger partial charge in [-0.05, 0) is 24.6 Å². The summed E-state index contributed by atoms with van der Waals surface area (Å²) in [5, 5.41) is 15.5. The number of aryl methyl sites for hydroxylation is 1. The predicted octanol–water partition coefficient (Wildman–Crippen LogP) is 3.13. The summed E-state index contributed by atoms with van der Waals surface area (Å²) in [5.74, 6) is -1.88. The minimum atomic E-state index is -0.976. The Morgan fingerprint density at radius 2 is 1.65 bits per heavy atom. The number of halogens is 1. The summed E-state index contributed by atoms with van der Waals surface area (Å²) in [7, 11) is 0. The van der Waals surface area contributed by atoms with Gasteiger partial charge in [0.25, 0.3) is 5.69 Å². The molecule has 0 heterocycles. The Labute approximate surface area is 136 Å². The molecule has 2 N–H and O–H groups in total. The minimum Gasteiger partial charge on any atom is -0.318 e. The standard InChI is InChI=1S/C15H12ClN3O4/c1-9-4-2-3-5-12(9)17-14(20)15(21)18-13-8-10(19(22)23)6-7-11(13)16/h2-8H,1H3,(H,17,20)(H,18,21). The summed E-state index contributed by atoms with van der Waals surface area (Å²) < 4.78 is 0. The normalized spacial score (nSPS) is 10.0. The van der Waals surface area contributed by atoms with Crippen molar-refractivity contribution in [2.45, 2.75) is 6.92 Å². The van der Waals surface area contributed by atoms with E-state index in [-0.39, 0.29) is 16.4 Å². The van der Waals surface area contributed by atoms with E-state index in [0.29, 0.717) is 5.69 Å². The summed E-state index contributed by atoms with van der Waals surface area (Å²) in [6.07, 6.45) is 0.